The van der Waals surface area contributed by atoms with E-state index in [-0.39, 0.29) is 13.0 Å². The number of carbonyl (C=O) groups is 2. The van der Waals surface area contributed by atoms with Crippen molar-refractivity contribution in [2.45, 2.75) is 122 Å². The smallest absolute Gasteiger partial charge is 0.472 e. The summed E-state index contributed by atoms with van der Waals surface area (Å²) in [7, 11) is -4.58. The molecule has 0 heterocycles. The van der Waals surface area contributed by atoms with Gasteiger partial charge in [-0.1, -0.05) is 83.3 Å². The predicted octanol–water partition coefficient (Wildman–Crippen LogP) is 5.25. The van der Waals surface area contributed by atoms with Crippen molar-refractivity contribution in [2.24, 2.45) is 5.73 Å². The Morgan fingerprint density at radius 2 is 1.30 bits per heavy atom. The SMILES string of the molecule is CCCCCCCC/C=C\CCCCCCCCCC(=O)OC[C@@H](O)COP(=O)(O)OC[C@H](N)C(=O)O. The standard InChI is InChI=1S/C26H50NO9P/c1-2-3-4-5-6-7-8-9-10-11-12-13-14-15-16-17-18-19-25(29)34-20-23(28)21-35-37(32,33)36-22-24(27)26(30)31/h9-10,23-24,28H,2-8,11-22,27H2,1H3,(H,30,31)(H,32,33)/b10-9-/t23-,24+/m1/s1. The van der Waals surface area contributed by atoms with Crippen LogP contribution in [-0.4, -0.2) is 59.0 Å². The van der Waals surface area contributed by atoms with E-state index in [1.807, 2.05) is 0 Å². The summed E-state index contributed by atoms with van der Waals surface area (Å²) in [5, 5.41) is 18.3. The van der Waals surface area contributed by atoms with Crippen LogP contribution in [0.3, 0.4) is 0 Å². The molecular weight excluding hydrogens is 501 g/mol. The zero-order valence-electron chi connectivity index (χ0n) is 22.6. The van der Waals surface area contributed by atoms with Gasteiger partial charge >= 0.3 is 19.8 Å². The Morgan fingerprint density at radius 1 is 0.811 bits per heavy atom. The summed E-state index contributed by atoms with van der Waals surface area (Å²) < 4.78 is 25.5. The first-order chi connectivity index (χ1) is 17.7. The number of allylic oxidation sites excluding steroid dienone is 2. The molecule has 0 aromatic heterocycles. The van der Waals surface area contributed by atoms with E-state index in [1.165, 1.54) is 64.2 Å². The third kappa shape index (κ3) is 24.8. The number of carboxylic acids is 1. The molecule has 0 rings (SSSR count). The quantitative estimate of drug-likeness (QED) is 0.0482. The molecule has 0 amide bonds. The average Bonchev–Trinajstić information content (AvgIpc) is 2.86. The van der Waals surface area contributed by atoms with E-state index in [1.54, 1.807) is 0 Å². The van der Waals surface area contributed by atoms with Crippen molar-refractivity contribution < 1.29 is 43.0 Å². The number of phosphoric ester groups is 1. The number of aliphatic carboxylic acids is 1. The molecule has 0 aliphatic heterocycles. The van der Waals surface area contributed by atoms with Crippen molar-refractivity contribution in [3.05, 3.63) is 12.2 Å². The minimum absolute atomic E-state index is 0.242. The maximum absolute atomic E-state index is 11.8. The van der Waals surface area contributed by atoms with Gasteiger partial charge in [0.05, 0.1) is 13.2 Å². The van der Waals surface area contributed by atoms with Gasteiger partial charge in [0.15, 0.2) is 0 Å². The van der Waals surface area contributed by atoms with Crippen LogP contribution >= 0.6 is 7.82 Å². The van der Waals surface area contributed by atoms with Crippen molar-refractivity contribution in [3.8, 4) is 0 Å². The van der Waals surface area contributed by atoms with Crippen LogP contribution in [0.25, 0.3) is 0 Å². The van der Waals surface area contributed by atoms with E-state index in [0.29, 0.717) is 6.42 Å². The van der Waals surface area contributed by atoms with E-state index < -0.39 is 45.1 Å². The minimum atomic E-state index is -4.58. The maximum atomic E-state index is 11.8. The molecule has 3 atom stereocenters. The van der Waals surface area contributed by atoms with Gasteiger partial charge in [0, 0.05) is 6.42 Å². The van der Waals surface area contributed by atoms with Crippen LogP contribution in [0.5, 0.6) is 0 Å². The number of aliphatic hydroxyl groups excluding tert-OH is 1. The summed E-state index contributed by atoms with van der Waals surface area (Å²) in [6, 6.07) is -1.48. The first kappa shape index (κ1) is 35.7. The van der Waals surface area contributed by atoms with Gasteiger partial charge < -0.3 is 25.6 Å². The van der Waals surface area contributed by atoms with Gasteiger partial charge in [-0.15, -0.1) is 0 Å². The molecule has 1 unspecified atom stereocenters. The molecule has 0 fully saturated rings. The number of unbranched alkanes of at least 4 members (excludes halogenated alkanes) is 13. The molecule has 10 nitrogen and oxygen atoms in total. The Hall–Kier alpha value is -1.29. The fourth-order valence-electron chi connectivity index (χ4n) is 3.47. The predicted molar refractivity (Wildman–Crippen MR) is 143 cm³/mol. The molecule has 0 aromatic rings. The molecule has 0 aromatic carbocycles. The van der Waals surface area contributed by atoms with Gasteiger partial charge in [-0.2, -0.15) is 0 Å². The number of phosphoric acid groups is 1. The summed E-state index contributed by atoms with van der Waals surface area (Å²) in [5.41, 5.74) is 5.16. The third-order valence-electron chi connectivity index (χ3n) is 5.74. The number of nitrogens with two attached hydrogens (primary N) is 1. The molecule has 0 bridgehead atoms. The summed E-state index contributed by atoms with van der Waals surface area (Å²) in [6.07, 6.45) is 21.4. The maximum Gasteiger partial charge on any atom is 0.472 e. The molecule has 0 aliphatic carbocycles. The summed E-state index contributed by atoms with van der Waals surface area (Å²) in [4.78, 5) is 31.8. The molecule has 0 spiro atoms. The number of rotatable bonds is 26. The average molecular weight is 552 g/mol. The second-order valence-corrected chi connectivity index (χ2v) is 10.8. The van der Waals surface area contributed by atoms with Crippen molar-refractivity contribution in [3.63, 3.8) is 0 Å². The van der Waals surface area contributed by atoms with Crippen LogP contribution < -0.4 is 5.73 Å². The Kier molecular flexibility index (Phi) is 23.0. The van der Waals surface area contributed by atoms with Crippen LogP contribution in [0.15, 0.2) is 12.2 Å². The molecule has 0 saturated heterocycles. The molecular formula is C26H50NO9P. The monoisotopic (exact) mass is 551 g/mol. The molecule has 0 saturated carbocycles. The number of hydrogen-bond donors (Lipinski definition) is 4. The van der Waals surface area contributed by atoms with Gasteiger partial charge in [0.1, 0.15) is 18.8 Å². The van der Waals surface area contributed by atoms with Gasteiger partial charge in [0.25, 0.3) is 0 Å². The lowest BCUT2D eigenvalue weighted by Gasteiger charge is -2.16. The number of ether oxygens (including phenoxy) is 1. The van der Waals surface area contributed by atoms with Gasteiger partial charge in [-0.05, 0) is 32.1 Å². The zero-order chi connectivity index (χ0) is 27.8. The highest BCUT2D eigenvalue weighted by Gasteiger charge is 2.26. The van der Waals surface area contributed by atoms with E-state index in [2.05, 4.69) is 28.1 Å². The fourth-order valence-corrected chi connectivity index (χ4v) is 4.25. The van der Waals surface area contributed by atoms with Gasteiger partial charge in [-0.3, -0.25) is 18.6 Å². The molecule has 218 valence electrons. The molecule has 0 radical (unpaired) electrons. The first-order valence-corrected chi connectivity index (χ1v) is 15.3. The number of carbonyl (C=O) groups excluding carboxylic acids is 1. The highest BCUT2D eigenvalue weighted by molar-refractivity contribution is 7.47. The van der Waals surface area contributed by atoms with Crippen molar-refractivity contribution in [1.82, 2.24) is 0 Å². The lowest BCUT2D eigenvalue weighted by Crippen LogP contribution is -2.34. The Labute approximate surface area is 222 Å². The molecule has 5 N–H and O–H groups in total. The number of hydrogen-bond acceptors (Lipinski definition) is 8. The fraction of sp³-hybridized carbons (Fsp3) is 0.846. The van der Waals surface area contributed by atoms with Crippen LogP contribution in [0.1, 0.15) is 110 Å². The lowest BCUT2D eigenvalue weighted by molar-refractivity contribution is -0.147. The van der Waals surface area contributed by atoms with E-state index in [4.69, 9.17) is 15.6 Å². The topological polar surface area (TPSA) is 166 Å². The Morgan fingerprint density at radius 3 is 1.84 bits per heavy atom. The molecule has 11 heteroatoms. The second kappa shape index (κ2) is 23.8. The lowest BCUT2D eigenvalue weighted by atomic mass is 10.1. The largest absolute Gasteiger partial charge is 0.480 e. The molecule has 37 heavy (non-hydrogen) atoms. The number of aliphatic hydroxyl groups is 1. The third-order valence-corrected chi connectivity index (χ3v) is 6.69. The first-order valence-electron chi connectivity index (χ1n) is 13.8. The van der Waals surface area contributed by atoms with Gasteiger partial charge in [-0.25, -0.2) is 4.57 Å². The van der Waals surface area contributed by atoms with Gasteiger partial charge in [0.2, 0.25) is 0 Å². The minimum Gasteiger partial charge on any atom is -0.480 e. The number of carboxylic acid groups (broad SMARTS) is 1. The van der Waals surface area contributed by atoms with Crippen LogP contribution in [0.4, 0.5) is 0 Å². The van der Waals surface area contributed by atoms with E-state index in [9.17, 15) is 24.2 Å². The zero-order valence-corrected chi connectivity index (χ0v) is 23.5. The van der Waals surface area contributed by atoms with Crippen LogP contribution in [0, 0.1) is 0 Å². The highest BCUT2D eigenvalue weighted by Crippen LogP contribution is 2.43. The second-order valence-electron chi connectivity index (χ2n) is 9.38. The van der Waals surface area contributed by atoms with E-state index >= 15 is 0 Å². The van der Waals surface area contributed by atoms with Crippen LogP contribution in [0.2, 0.25) is 0 Å². The van der Waals surface area contributed by atoms with E-state index in [0.717, 1.165) is 25.7 Å². The number of esters is 1. The Bertz CT molecular complexity index is 660. The van der Waals surface area contributed by atoms with Crippen molar-refractivity contribution >= 4 is 19.8 Å². The highest BCUT2D eigenvalue weighted by atomic mass is 31.2. The molecule has 0 aliphatic rings. The normalized spacial score (nSPS) is 14.9. The van der Waals surface area contributed by atoms with Crippen molar-refractivity contribution in [2.75, 3.05) is 19.8 Å². The summed E-state index contributed by atoms with van der Waals surface area (Å²) >= 11 is 0. The Balaban J connectivity index is 3.56. The summed E-state index contributed by atoms with van der Waals surface area (Å²) in [6.45, 7) is 0.497. The van der Waals surface area contributed by atoms with Crippen molar-refractivity contribution in [1.29, 1.82) is 0 Å². The van der Waals surface area contributed by atoms with Crippen LogP contribution in [-0.2, 0) is 27.9 Å². The summed E-state index contributed by atoms with van der Waals surface area (Å²) in [5.74, 6) is -1.85.